The summed E-state index contributed by atoms with van der Waals surface area (Å²) in [6.45, 7) is 3.73. The Morgan fingerprint density at radius 1 is 1.44 bits per heavy atom. The minimum atomic E-state index is -0.764. The van der Waals surface area contributed by atoms with Gasteiger partial charge in [0.15, 0.2) is 0 Å². The monoisotopic (exact) mass is 248 g/mol. The van der Waals surface area contributed by atoms with Gasteiger partial charge in [0.2, 0.25) is 5.91 Å². The molecule has 6 nitrogen and oxygen atoms in total. The second-order valence-electron chi connectivity index (χ2n) is 4.67. The molecule has 0 unspecified atom stereocenters. The number of aromatic nitrogens is 1. The van der Waals surface area contributed by atoms with Gasteiger partial charge in [0.25, 0.3) is 5.91 Å². The molecule has 0 atom stereocenters. The van der Waals surface area contributed by atoms with Crippen molar-refractivity contribution in [2.75, 3.05) is 23.8 Å². The van der Waals surface area contributed by atoms with Crippen LogP contribution in [0.4, 0.5) is 11.5 Å². The lowest BCUT2D eigenvalue weighted by molar-refractivity contribution is -0.135. The number of piperazine rings is 1. The Hall–Kier alpha value is -2.11. The molecule has 0 bridgehead atoms. The molecule has 2 amide bonds. The molecule has 0 aliphatic carbocycles. The number of anilines is 2. The Labute approximate surface area is 105 Å². The van der Waals surface area contributed by atoms with E-state index in [2.05, 4.69) is 15.6 Å². The number of rotatable bonds is 2. The van der Waals surface area contributed by atoms with Crippen LogP contribution >= 0.6 is 0 Å². The second-order valence-corrected chi connectivity index (χ2v) is 4.67. The first kappa shape index (κ1) is 12.3. The Kier molecular flexibility index (Phi) is 2.94. The van der Waals surface area contributed by atoms with Crippen molar-refractivity contribution in [3.8, 4) is 0 Å². The highest BCUT2D eigenvalue weighted by Crippen LogP contribution is 2.27. The second kappa shape index (κ2) is 4.29. The van der Waals surface area contributed by atoms with E-state index in [0.717, 1.165) is 5.69 Å². The van der Waals surface area contributed by atoms with Gasteiger partial charge in [-0.25, -0.2) is 4.98 Å². The summed E-state index contributed by atoms with van der Waals surface area (Å²) in [5, 5.41) is 5.28. The molecule has 1 fully saturated rings. The minimum absolute atomic E-state index is 0.159. The molecule has 1 aliphatic rings. The van der Waals surface area contributed by atoms with Crippen LogP contribution in [0.15, 0.2) is 18.3 Å². The van der Waals surface area contributed by atoms with Crippen LogP contribution in [-0.2, 0) is 9.59 Å². The van der Waals surface area contributed by atoms with Crippen molar-refractivity contribution < 1.29 is 9.59 Å². The fourth-order valence-electron chi connectivity index (χ4n) is 1.92. The van der Waals surface area contributed by atoms with Gasteiger partial charge in [0.1, 0.15) is 11.4 Å². The van der Waals surface area contributed by atoms with Crippen LogP contribution in [0.3, 0.4) is 0 Å². The molecule has 0 radical (unpaired) electrons. The minimum Gasteiger partial charge on any atom is -0.373 e. The highest BCUT2D eigenvalue weighted by molar-refractivity contribution is 6.06. The van der Waals surface area contributed by atoms with Crippen LogP contribution in [0.5, 0.6) is 0 Å². The lowest BCUT2D eigenvalue weighted by atomic mass is 9.98. The Morgan fingerprint density at radius 2 is 2.17 bits per heavy atom. The van der Waals surface area contributed by atoms with E-state index < -0.39 is 5.54 Å². The van der Waals surface area contributed by atoms with E-state index in [0.29, 0.717) is 5.82 Å². The average Bonchev–Trinajstić information content (AvgIpc) is 2.34. The fourth-order valence-corrected chi connectivity index (χ4v) is 1.92. The van der Waals surface area contributed by atoms with Crippen LogP contribution in [0.2, 0.25) is 0 Å². The molecule has 0 aromatic carbocycles. The van der Waals surface area contributed by atoms with E-state index in [1.54, 1.807) is 38.1 Å². The maximum atomic E-state index is 11.9. The zero-order valence-corrected chi connectivity index (χ0v) is 10.7. The van der Waals surface area contributed by atoms with Crippen LogP contribution in [0.1, 0.15) is 13.8 Å². The molecule has 96 valence electrons. The summed E-state index contributed by atoms with van der Waals surface area (Å²) in [6.07, 6.45) is 1.65. The quantitative estimate of drug-likeness (QED) is 0.739. The van der Waals surface area contributed by atoms with Gasteiger partial charge in [0, 0.05) is 25.0 Å². The largest absolute Gasteiger partial charge is 0.373 e. The van der Waals surface area contributed by atoms with Crippen molar-refractivity contribution >= 4 is 23.3 Å². The third kappa shape index (κ3) is 2.01. The Morgan fingerprint density at radius 3 is 2.83 bits per heavy atom. The van der Waals surface area contributed by atoms with E-state index in [-0.39, 0.29) is 18.4 Å². The van der Waals surface area contributed by atoms with Gasteiger partial charge in [-0.05, 0) is 19.9 Å². The number of pyridine rings is 1. The Bertz CT molecular complexity index is 499. The van der Waals surface area contributed by atoms with Crippen molar-refractivity contribution in [2.24, 2.45) is 0 Å². The smallest absolute Gasteiger partial charge is 0.251 e. The molecule has 18 heavy (non-hydrogen) atoms. The molecule has 1 aromatic heterocycles. The van der Waals surface area contributed by atoms with Crippen LogP contribution in [-0.4, -0.2) is 35.9 Å². The third-order valence-corrected chi connectivity index (χ3v) is 3.10. The molecule has 2 rings (SSSR count). The van der Waals surface area contributed by atoms with Gasteiger partial charge in [-0.15, -0.1) is 0 Å². The lowest BCUT2D eigenvalue weighted by Crippen LogP contribution is -2.64. The standard InChI is InChI=1S/C12H16N4O2/c1-12(2)11(18)15-10(17)7-16(12)8-4-5-14-9(6-8)13-3/h4-6H,7H2,1-3H3,(H,13,14)(H,15,17,18). The van der Waals surface area contributed by atoms with Crippen molar-refractivity contribution in [1.82, 2.24) is 10.3 Å². The topological polar surface area (TPSA) is 74.3 Å². The van der Waals surface area contributed by atoms with Crippen molar-refractivity contribution in [3.05, 3.63) is 18.3 Å². The SMILES string of the molecule is CNc1cc(N2CC(=O)NC(=O)C2(C)C)ccn1. The normalized spacial score (nSPS) is 18.5. The predicted molar refractivity (Wildman–Crippen MR) is 68.4 cm³/mol. The molecular weight excluding hydrogens is 232 g/mol. The number of hydrogen-bond acceptors (Lipinski definition) is 5. The fraction of sp³-hybridized carbons (Fsp3) is 0.417. The van der Waals surface area contributed by atoms with E-state index >= 15 is 0 Å². The lowest BCUT2D eigenvalue weighted by Gasteiger charge is -2.41. The summed E-state index contributed by atoms with van der Waals surface area (Å²) in [6, 6.07) is 3.60. The highest BCUT2D eigenvalue weighted by Gasteiger charge is 2.41. The van der Waals surface area contributed by atoms with Gasteiger partial charge >= 0.3 is 0 Å². The number of hydrogen-bond donors (Lipinski definition) is 2. The zero-order chi connectivity index (χ0) is 13.3. The van der Waals surface area contributed by atoms with Crippen LogP contribution in [0.25, 0.3) is 0 Å². The summed E-state index contributed by atoms with van der Waals surface area (Å²) in [5.41, 5.74) is 0.0304. The maximum absolute atomic E-state index is 11.9. The van der Waals surface area contributed by atoms with E-state index in [4.69, 9.17) is 0 Å². The number of nitrogens with zero attached hydrogens (tertiary/aromatic N) is 2. The van der Waals surface area contributed by atoms with Gasteiger partial charge in [-0.2, -0.15) is 0 Å². The molecule has 1 saturated heterocycles. The van der Waals surface area contributed by atoms with Crippen molar-refractivity contribution in [3.63, 3.8) is 0 Å². The first-order valence-electron chi connectivity index (χ1n) is 5.71. The van der Waals surface area contributed by atoms with Gasteiger partial charge in [-0.1, -0.05) is 0 Å². The maximum Gasteiger partial charge on any atom is 0.251 e. The number of carbonyl (C=O) groups is 2. The predicted octanol–water partition coefficient (Wildman–Crippen LogP) is 0.365. The molecule has 2 heterocycles. The Balaban J connectivity index is 2.40. The molecular formula is C12H16N4O2. The highest BCUT2D eigenvalue weighted by atomic mass is 16.2. The molecule has 1 aliphatic heterocycles. The molecule has 0 saturated carbocycles. The zero-order valence-electron chi connectivity index (χ0n) is 10.7. The number of nitrogens with one attached hydrogen (secondary N) is 2. The number of amides is 2. The van der Waals surface area contributed by atoms with Gasteiger partial charge < -0.3 is 10.2 Å². The summed E-state index contributed by atoms with van der Waals surface area (Å²) in [7, 11) is 1.77. The molecule has 2 N–H and O–H groups in total. The summed E-state index contributed by atoms with van der Waals surface area (Å²) in [5.74, 6) is 0.116. The summed E-state index contributed by atoms with van der Waals surface area (Å²) < 4.78 is 0. The summed E-state index contributed by atoms with van der Waals surface area (Å²) >= 11 is 0. The van der Waals surface area contributed by atoms with Crippen LogP contribution < -0.4 is 15.5 Å². The molecule has 1 aromatic rings. The van der Waals surface area contributed by atoms with E-state index in [1.165, 1.54) is 0 Å². The first-order chi connectivity index (χ1) is 8.45. The molecule has 0 spiro atoms. The van der Waals surface area contributed by atoms with Gasteiger partial charge in [-0.3, -0.25) is 14.9 Å². The van der Waals surface area contributed by atoms with E-state index in [9.17, 15) is 9.59 Å². The van der Waals surface area contributed by atoms with Crippen molar-refractivity contribution in [1.29, 1.82) is 0 Å². The first-order valence-corrected chi connectivity index (χ1v) is 5.71. The molecule has 6 heteroatoms. The van der Waals surface area contributed by atoms with Crippen molar-refractivity contribution in [2.45, 2.75) is 19.4 Å². The third-order valence-electron chi connectivity index (χ3n) is 3.10. The number of carbonyl (C=O) groups excluding carboxylic acids is 2. The van der Waals surface area contributed by atoms with E-state index in [1.807, 2.05) is 6.07 Å². The summed E-state index contributed by atoms with van der Waals surface area (Å²) in [4.78, 5) is 29.2. The number of imide groups is 1. The average molecular weight is 248 g/mol. The van der Waals surface area contributed by atoms with Crippen LogP contribution in [0, 0.1) is 0 Å². The van der Waals surface area contributed by atoms with Gasteiger partial charge in [0.05, 0.1) is 6.54 Å².